The molecular formula is C14H16BrF13. The molecule has 0 bridgehead atoms. The summed E-state index contributed by atoms with van der Waals surface area (Å²) in [7, 11) is 0. The molecule has 0 spiro atoms. The summed E-state index contributed by atoms with van der Waals surface area (Å²) >= 11 is 3.10. The first-order valence-corrected chi connectivity index (χ1v) is 8.95. The summed E-state index contributed by atoms with van der Waals surface area (Å²) in [4.78, 5) is 0. The first-order valence-electron chi connectivity index (χ1n) is 7.83. The summed E-state index contributed by atoms with van der Waals surface area (Å²) in [6, 6.07) is 0. The van der Waals surface area contributed by atoms with Crippen LogP contribution in [0.4, 0.5) is 57.1 Å². The normalized spacial score (nSPS) is 15.2. The molecule has 0 saturated carbocycles. The van der Waals surface area contributed by atoms with E-state index in [2.05, 4.69) is 15.9 Å². The Labute approximate surface area is 160 Å². The quantitative estimate of drug-likeness (QED) is 0.142. The maximum absolute atomic E-state index is 13.4. The van der Waals surface area contributed by atoms with Gasteiger partial charge >= 0.3 is 35.8 Å². The van der Waals surface area contributed by atoms with Crippen LogP contribution in [0.3, 0.4) is 0 Å². The molecule has 0 radical (unpaired) electrons. The van der Waals surface area contributed by atoms with E-state index in [1.165, 1.54) is 0 Å². The van der Waals surface area contributed by atoms with Gasteiger partial charge in [0.1, 0.15) is 0 Å². The van der Waals surface area contributed by atoms with Gasteiger partial charge in [-0.25, -0.2) is 0 Å². The summed E-state index contributed by atoms with van der Waals surface area (Å²) in [6.07, 6.45) is -8.48. The van der Waals surface area contributed by atoms with E-state index in [1.54, 1.807) is 0 Å². The van der Waals surface area contributed by atoms with E-state index >= 15 is 0 Å². The van der Waals surface area contributed by atoms with Crippen LogP contribution < -0.4 is 0 Å². The van der Waals surface area contributed by atoms with E-state index in [1.807, 2.05) is 0 Å². The van der Waals surface area contributed by atoms with E-state index in [-0.39, 0.29) is 12.8 Å². The van der Waals surface area contributed by atoms with E-state index < -0.39 is 48.6 Å². The minimum absolute atomic E-state index is 0.186. The van der Waals surface area contributed by atoms with Crippen molar-refractivity contribution in [3.63, 3.8) is 0 Å². The highest BCUT2D eigenvalue weighted by atomic mass is 79.9. The van der Waals surface area contributed by atoms with Crippen LogP contribution in [0.2, 0.25) is 0 Å². The monoisotopic (exact) mass is 510 g/mol. The van der Waals surface area contributed by atoms with Crippen LogP contribution in [0.5, 0.6) is 0 Å². The maximum Gasteiger partial charge on any atom is 0.460 e. The van der Waals surface area contributed by atoms with Crippen LogP contribution in [-0.2, 0) is 0 Å². The Bertz CT molecular complexity index is 484. The Hall–Kier alpha value is -0.430. The molecule has 0 rings (SSSR count). The molecule has 170 valence electrons. The molecule has 0 N–H and O–H groups in total. The Kier molecular flexibility index (Phi) is 9.01. The Morgan fingerprint density at radius 2 is 0.786 bits per heavy atom. The van der Waals surface area contributed by atoms with E-state index in [4.69, 9.17) is 0 Å². The second-order valence-corrected chi connectivity index (χ2v) is 6.85. The summed E-state index contributed by atoms with van der Waals surface area (Å²) in [5, 5.41) is 0.642. The van der Waals surface area contributed by atoms with Crippen molar-refractivity contribution in [2.45, 2.75) is 80.7 Å². The lowest BCUT2D eigenvalue weighted by Crippen LogP contribution is -2.70. The number of hydrogen-bond acceptors (Lipinski definition) is 0. The van der Waals surface area contributed by atoms with Gasteiger partial charge < -0.3 is 0 Å². The molecule has 0 fully saturated rings. The molecule has 0 saturated heterocycles. The lowest BCUT2D eigenvalue weighted by Gasteiger charge is -2.39. The van der Waals surface area contributed by atoms with Crippen LogP contribution in [-0.4, -0.2) is 41.1 Å². The van der Waals surface area contributed by atoms with Gasteiger partial charge in [-0.3, -0.25) is 0 Å². The number of rotatable bonds is 12. The van der Waals surface area contributed by atoms with E-state index in [0.717, 1.165) is 0 Å². The third-order valence-corrected chi connectivity index (χ3v) is 4.43. The third-order valence-electron chi connectivity index (χ3n) is 3.87. The van der Waals surface area contributed by atoms with Crippen molar-refractivity contribution in [2.24, 2.45) is 0 Å². The SMILES string of the molecule is FC(F)(F)C(F)(F)C(F)(F)C(F)(F)C(F)(F)C(F)(F)CCCCCCCCBr. The van der Waals surface area contributed by atoms with Crippen LogP contribution in [0, 0.1) is 0 Å². The van der Waals surface area contributed by atoms with Gasteiger partial charge in [0, 0.05) is 11.8 Å². The molecule has 0 atom stereocenters. The third kappa shape index (κ3) is 5.18. The topological polar surface area (TPSA) is 0 Å². The van der Waals surface area contributed by atoms with Crippen molar-refractivity contribution < 1.29 is 57.1 Å². The van der Waals surface area contributed by atoms with Crippen LogP contribution in [0.1, 0.15) is 44.9 Å². The lowest BCUT2D eigenvalue weighted by atomic mass is 9.91. The average Bonchev–Trinajstić information content (AvgIpc) is 2.52. The molecule has 0 aliphatic rings. The highest BCUT2D eigenvalue weighted by molar-refractivity contribution is 9.09. The predicted molar refractivity (Wildman–Crippen MR) is 76.9 cm³/mol. The maximum atomic E-state index is 13.4. The van der Waals surface area contributed by atoms with E-state index in [9.17, 15) is 57.1 Å². The molecule has 0 nitrogen and oxygen atoms in total. The second-order valence-electron chi connectivity index (χ2n) is 6.06. The fraction of sp³-hybridized carbons (Fsp3) is 1.00. The average molecular weight is 511 g/mol. The summed E-state index contributed by atoms with van der Waals surface area (Å²) < 4.78 is 167. The summed E-state index contributed by atoms with van der Waals surface area (Å²) in [6.45, 7) is 0. The van der Waals surface area contributed by atoms with Crippen LogP contribution in [0.15, 0.2) is 0 Å². The number of halogens is 14. The zero-order chi connectivity index (χ0) is 22.7. The fourth-order valence-electron chi connectivity index (χ4n) is 2.11. The molecule has 0 aromatic rings. The molecule has 0 aliphatic carbocycles. The van der Waals surface area contributed by atoms with Gasteiger partial charge in [0.25, 0.3) is 0 Å². The number of unbranched alkanes of at least 4 members (excludes halogenated alkanes) is 5. The van der Waals surface area contributed by atoms with Crippen molar-refractivity contribution in [2.75, 3.05) is 5.33 Å². The fourth-order valence-corrected chi connectivity index (χ4v) is 2.50. The highest BCUT2D eigenvalue weighted by Crippen LogP contribution is 2.60. The molecule has 0 aromatic heterocycles. The summed E-state index contributed by atoms with van der Waals surface area (Å²) in [5.41, 5.74) is 0. The highest BCUT2D eigenvalue weighted by Gasteiger charge is 2.90. The first kappa shape index (κ1) is 27.6. The van der Waals surface area contributed by atoms with Crippen LogP contribution in [0.25, 0.3) is 0 Å². The van der Waals surface area contributed by atoms with E-state index in [0.29, 0.717) is 24.6 Å². The van der Waals surface area contributed by atoms with Crippen LogP contribution >= 0.6 is 15.9 Å². The molecule has 0 heterocycles. The lowest BCUT2D eigenvalue weighted by molar-refractivity contribution is -0.440. The number of hydrogen-bond donors (Lipinski definition) is 0. The van der Waals surface area contributed by atoms with Gasteiger partial charge in [-0.05, 0) is 12.8 Å². The van der Waals surface area contributed by atoms with Gasteiger partial charge in [-0.1, -0.05) is 41.6 Å². The minimum atomic E-state index is -7.82. The van der Waals surface area contributed by atoms with Crippen molar-refractivity contribution >= 4 is 15.9 Å². The zero-order valence-corrected chi connectivity index (χ0v) is 15.5. The molecule has 0 aromatic carbocycles. The van der Waals surface area contributed by atoms with Gasteiger partial charge in [0.2, 0.25) is 0 Å². The van der Waals surface area contributed by atoms with Gasteiger partial charge in [0.15, 0.2) is 0 Å². The molecule has 0 amide bonds. The van der Waals surface area contributed by atoms with Gasteiger partial charge in [0.05, 0.1) is 0 Å². The molecule has 28 heavy (non-hydrogen) atoms. The van der Waals surface area contributed by atoms with Crippen molar-refractivity contribution in [3.8, 4) is 0 Å². The van der Waals surface area contributed by atoms with Crippen molar-refractivity contribution in [1.29, 1.82) is 0 Å². The van der Waals surface area contributed by atoms with Crippen molar-refractivity contribution in [3.05, 3.63) is 0 Å². The zero-order valence-electron chi connectivity index (χ0n) is 13.9. The molecule has 0 unspecified atom stereocenters. The molecule has 0 aliphatic heterocycles. The Morgan fingerprint density at radius 1 is 0.429 bits per heavy atom. The summed E-state index contributed by atoms with van der Waals surface area (Å²) in [5.74, 6) is -36.3. The predicted octanol–water partition coefficient (Wildman–Crippen LogP) is 7.85. The van der Waals surface area contributed by atoms with Gasteiger partial charge in [-0.15, -0.1) is 0 Å². The standard InChI is InChI=1S/C14H16BrF13/c15-8-6-4-2-1-3-5-7-9(16,17)10(18,19)11(20,21)12(22,23)13(24,25)14(26,27)28/h1-8H2. The Morgan fingerprint density at radius 3 is 1.18 bits per heavy atom. The number of alkyl halides is 14. The first-order chi connectivity index (χ1) is 12.3. The largest absolute Gasteiger partial charge is 0.460 e. The smallest absolute Gasteiger partial charge is 0.200 e. The van der Waals surface area contributed by atoms with Crippen molar-refractivity contribution in [1.82, 2.24) is 0 Å². The molecule has 14 heteroatoms. The Balaban J connectivity index is 5.35. The minimum Gasteiger partial charge on any atom is -0.200 e. The second kappa shape index (κ2) is 9.15. The van der Waals surface area contributed by atoms with Gasteiger partial charge in [-0.2, -0.15) is 57.1 Å². The molecular weight excluding hydrogens is 495 g/mol.